The third-order valence-electron chi connectivity index (χ3n) is 5.53. The van der Waals surface area contributed by atoms with Crippen molar-refractivity contribution in [3.63, 3.8) is 0 Å². The number of carboxylic acids is 1. The predicted octanol–water partition coefficient (Wildman–Crippen LogP) is 1.93. The van der Waals surface area contributed by atoms with E-state index in [4.69, 9.17) is 0 Å². The Morgan fingerprint density at radius 2 is 1.71 bits per heavy atom. The molecule has 17 heavy (non-hydrogen) atoms. The van der Waals surface area contributed by atoms with Gasteiger partial charge in [0.05, 0.1) is 4.87 Å². The van der Waals surface area contributed by atoms with Crippen molar-refractivity contribution in [2.45, 2.75) is 42.2 Å². The number of nitrogens with one attached hydrogen (secondary N) is 1. The van der Waals surface area contributed by atoms with Crippen LogP contribution < -0.4 is 5.32 Å². The largest absolute Gasteiger partial charge is 0.480 e. The van der Waals surface area contributed by atoms with Gasteiger partial charge in [-0.15, -0.1) is 11.8 Å². The predicted molar refractivity (Wildman–Crippen MR) is 66.8 cm³/mol. The summed E-state index contributed by atoms with van der Waals surface area (Å²) in [4.78, 5) is 11.3. The van der Waals surface area contributed by atoms with E-state index in [1.165, 1.54) is 32.1 Å². The van der Waals surface area contributed by atoms with Gasteiger partial charge in [-0.2, -0.15) is 0 Å². The highest BCUT2D eigenvalue weighted by atomic mass is 32.2. The summed E-state index contributed by atoms with van der Waals surface area (Å²) in [7, 11) is 0. The SMILES string of the molecule is O=C(O)C1CNC2(S1)C1CC3CC(C1)CC2C3. The molecule has 5 aliphatic rings. The van der Waals surface area contributed by atoms with Crippen LogP contribution >= 0.6 is 11.8 Å². The van der Waals surface area contributed by atoms with Crippen molar-refractivity contribution in [1.29, 1.82) is 0 Å². The molecule has 4 bridgehead atoms. The molecule has 1 saturated heterocycles. The fourth-order valence-corrected chi connectivity index (χ4v) is 6.75. The quantitative estimate of drug-likeness (QED) is 0.749. The number of rotatable bonds is 1. The molecule has 2 N–H and O–H groups in total. The Hall–Kier alpha value is -0.220. The first-order valence-electron chi connectivity index (χ1n) is 6.83. The summed E-state index contributed by atoms with van der Waals surface area (Å²) in [6.45, 7) is 0.669. The molecule has 0 aromatic carbocycles. The minimum atomic E-state index is -0.631. The van der Waals surface area contributed by atoms with Crippen LogP contribution in [0.2, 0.25) is 0 Å². The molecular weight excluding hydrogens is 234 g/mol. The van der Waals surface area contributed by atoms with E-state index in [-0.39, 0.29) is 10.1 Å². The molecule has 5 fully saturated rings. The zero-order valence-electron chi connectivity index (χ0n) is 9.89. The number of hydrogen-bond acceptors (Lipinski definition) is 3. The van der Waals surface area contributed by atoms with Crippen LogP contribution in [0.5, 0.6) is 0 Å². The van der Waals surface area contributed by atoms with Gasteiger partial charge in [-0.25, -0.2) is 0 Å². The summed E-state index contributed by atoms with van der Waals surface area (Å²) in [6, 6.07) is 0. The van der Waals surface area contributed by atoms with Gasteiger partial charge in [0.2, 0.25) is 0 Å². The van der Waals surface area contributed by atoms with Crippen LogP contribution in [0.4, 0.5) is 0 Å². The van der Waals surface area contributed by atoms with Gasteiger partial charge >= 0.3 is 5.97 Å². The van der Waals surface area contributed by atoms with E-state index in [1.54, 1.807) is 11.8 Å². The highest BCUT2D eigenvalue weighted by Crippen LogP contribution is 2.63. The molecule has 1 unspecified atom stereocenters. The van der Waals surface area contributed by atoms with Crippen molar-refractivity contribution in [2.24, 2.45) is 23.7 Å². The van der Waals surface area contributed by atoms with Gasteiger partial charge < -0.3 is 10.4 Å². The molecule has 0 aromatic heterocycles. The van der Waals surface area contributed by atoms with Gasteiger partial charge in [0.25, 0.3) is 0 Å². The molecule has 4 heteroatoms. The molecule has 0 radical (unpaired) electrons. The Bertz CT molecular complexity index is 342. The molecule has 5 rings (SSSR count). The number of thioether (sulfide) groups is 1. The third-order valence-corrected chi connectivity index (χ3v) is 7.38. The minimum absolute atomic E-state index is 0.135. The molecule has 1 atom stereocenters. The van der Waals surface area contributed by atoms with Gasteiger partial charge in [0, 0.05) is 6.54 Å². The Morgan fingerprint density at radius 3 is 2.18 bits per heavy atom. The molecule has 1 heterocycles. The summed E-state index contributed by atoms with van der Waals surface area (Å²) < 4.78 is 0. The van der Waals surface area contributed by atoms with Crippen molar-refractivity contribution in [2.75, 3.05) is 6.54 Å². The standard InChI is InChI=1S/C13H19NO2S/c15-12(16)11-6-14-13(17-11)9-2-7-1-8(4-9)5-10(13)3-7/h7-11,14H,1-6H2,(H,15,16). The first-order chi connectivity index (χ1) is 8.17. The Balaban J connectivity index is 1.64. The van der Waals surface area contributed by atoms with Crippen LogP contribution in [0.3, 0.4) is 0 Å². The van der Waals surface area contributed by atoms with Crippen LogP contribution in [0.15, 0.2) is 0 Å². The summed E-state index contributed by atoms with van der Waals surface area (Å²) in [5, 5.41) is 12.6. The van der Waals surface area contributed by atoms with E-state index in [0.717, 1.165) is 23.7 Å². The maximum absolute atomic E-state index is 11.2. The van der Waals surface area contributed by atoms with Crippen molar-refractivity contribution < 1.29 is 9.90 Å². The van der Waals surface area contributed by atoms with E-state index in [9.17, 15) is 9.90 Å². The summed E-state index contributed by atoms with van der Waals surface area (Å²) >= 11 is 1.75. The van der Waals surface area contributed by atoms with Crippen molar-refractivity contribution in [3.8, 4) is 0 Å². The fourth-order valence-electron chi connectivity index (χ4n) is 5.07. The van der Waals surface area contributed by atoms with Crippen molar-refractivity contribution in [1.82, 2.24) is 5.32 Å². The van der Waals surface area contributed by atoms with E-state index < -0.39 is 5.97 Å². The maximum Gasteiger partial charge on any atom is 0.318 e. The average Bonchev–Trinajstić information content (AvgIpc) is 2.71. The number of carbonyl (C=O) groups is 1. The second-order valence-electron chi connectivity index (χ2n) is 6.42. The molecule has 1 spiro atoms. The van der Waals surface area contributed by atoms with Crippen LogP contribution in [-0.2, 0) is 4.79 Å². The van der Waals surface area contributed by atoms with E-state index in [1.807, 2.05) is 0 Å². The number of carboxylic acid groups (broad SMARTS) is 1. The highest BCUT2D eigenvalue weighted by molar-refractivity contribution is 8.02. The lowest BCUT2D eigenvalue weighted by Crippen LogP contribution is -2.60. The average molecular weight is 253 g/mol. The van der Waals surface area contributed by atoms with Crippen LogP contribution in [0.25, 0.3) is 0 Å². The van der Waals surface area contributed by atoms with Gasteiger partial charge in [-0.1, -0.05) is 0 Å². The number of hydrogen-bond donors (Lipinski definition) is 2. The first kappa shape index (κ1) is 10.7. The van der Waals surface area contributed by atoms with Crippen molar-refractivity contribution >= 4 is 17.7 Å². The van der Waals surface area contributed by atoms with E-state index in [0.29, 0.717) is 6.54 Å². The topological polar surface area (TPSA) is 49.3 Å². The summed E-state index contributed by atoms with van der Waals surface area (Å²) in [6.07, 6.45) is 6.84. The second kappa shape index (κ2) is 3.41. The van der Waals surface area contributed by atoms with Crippen molar-refractivity contribution in [3.05, 3.63) is 0 Å². The van der Waals surface area contributed by atoms with Gasteiger partial charge in [0.1, 0.15) is 5.25 Å². The second-order valence-corrected chi connectivity index (χ2v) is 7.90. The zero-order chi connectivity index (χ0) is 11.6. The lowest BCUT2D eigenvalue weighted by molar-refractivity contribution is -0.136. The van der Waals surface area contributed by atoms with Gasteiger partial charge in [-0.3, -0.25) is 4.79 Å². The molecule has 94 valence electrons. The van der Waals surface area contributed by atoms with E-state index in [2.05, 4.69) is 5.32 Å². The highest BCUT2D eigenvalue weighted by Gasteiger charge is 2.60. The van der Waals surface area contributed by atoms with Crippen LogP contribution in [0.1, 0.15) is 32.1 Å². The third kappa shape index (κ3) is 1.37. The first-order valence-corrected chi connectivity index (χ1v) is 7.71. The Kier molecular flexibility index (Phi) is 2.14. The molecular formula is C13H19NO2S. The summed E-state index contributed by atoms with van der Waals surface area (Å²) in [5.74, 6) is 2.76. The van der Waals surface area contributed by atoms with Gasteiger partial charge in [-0.05, 0) is 55.8 Å². The molecule has 3 nitrogen and oxygen atoms in total. The monoisotopic (exact) mass is 253 g/mol. The van der Waals surface area contributed by atoms with E-state index >= 15 is 0 Å². The fraction of sp³-hybridized carbons (Fsp3) is 0.923. The smallest absolute Gasteiger partial charge is 0.318 e. The van der Waals surface area contributed by atoms with Crippen LogP contribution in [-0.4, -0.2) is 27.7 Å². The molecule has 0 aromatic rings. The van der Waals surface area contributed by atoms with Gasteiger partial charge in [0.15, 0.2) is 0 Å². The maximum atomic E-state index is 11.2. The molecule has 1 aliphatic heterocycles. The zero-order valence-corrected chi connectivity index (χ0v) is 10.7. The molecule has 4 aliphatic carbocycles. The lowest BCUT2D eigenvalue weighted by atomic mass is 9.54. The Morgan fingerprint density at radius 1 is 1.12 bits per heavy atom. The Labute approximate surface area is 106 Å². The lowest BCUT2D eigenvalue weighted by Gasteiger charge is -2.59. The summed E-state index contributed by atoms with van der Waals surface area (Å²) in [5.41, 5.74) is 0. The van der Waals surface area contributed by atoms with Crippen LogP contribution in [0, 0.1) is 23.7 Å². The minimum Gasteiger partial charge on any atom is -0.480 e. The molecule has 0 amide bonds. The normalized spacial score (nSPS) is 55.6. The number of aliphatic carboxylic acids is 1. The molecule has 4 saturated carbocycles.